The quantitative estimate of drug-likeness (QED) is 0.890. The Balaban J connectivity index is 1.46. The minimum absolute atomic E-state index is 0.0179. The Bertz CT molecular complexity index is 826. The van der Waals surface area contributed by atoms with Crippen LogP contribution in [-0.4, -0.2) is 29.8 Å². The third kappa shape index (κ3) is 3.10. The average molecular weight is 349 g/mol. The van der Waals surface area contributed by atoms with Gasteiger partial charge in [-0.15, -0.1) is 0 Å². The van der Waals surface area contributed by atoms with Crippen LogP contribution in [0.5, 0.6) is 0 Å². The fourth-order valence-corrected chi connectivity index (χ4v) is 4.24. The van der Waals surface area contributed by atoms with Crippen LogP contribution in [0.15, 0.2) is 48.5 Å². The molecule has 5 heteroatoms. The molecule has 0 bridgehead atoms. The highest BCUT2D eigenvalue weighted by molar-refractivity contribution is 6.09. The van der Waals surface area contributed by atoms with Crippen LogP contribution >= 0.6 is 0 Å². The van der Waals surface area contributed by atoms with Crippen LogP contribution in [0.25, 0.3) is 0 Å². The summed E-state index contributed by atoms with van der Waals surface area (Å²) in [5.41, 5.74) is 8.49. The highest BCUT2D eigenvalue weighted by Crippen LogP contribution is 2.37. The van der Waals surface area contributed by atoms with E-state index in [1.165, 1.54) is 5.56 Å². The Morgan fingerprint density at radius 3 is 2.50 bits per heavy atom. The molecule has 4 rings (SSSR count). The Morgan fingerprint density at radius 2 is 1.81 bits per heavy atom. The molecule has 1 unspecified atom stereocenters. The number of hydrogen-bond donors (Lipinski definition) is 2. The van der Waals surface area contributed by atoms with Crippen LogP contribution < -0.4 is 11.1 Å². The van der Waals surface area contributed by atoms with Gasteiger partial charge < -0.3 is 11.1 Å². The summed E-state index contributed by atoms with van der Waals surface area (Å²) in [5, 5.41) is 3.08. The Labute approximate surface area is 153 Å². The molecule has 3 N–H and O–H groups in total. The first-order chi connectivity index (χ1) is 12.6. The predicted molar refractivity (Wildman–Crippen MR) is 99.6 cm³/mol. The van der Waals surface area contributed by atoms with Gasteiger partial charge in [0.2, 0.25) is 5.91 Å². The lowest BCUT2D eigenvalue weighted by Gasteiger charge is -2.35. The smallest absolute Gasteiger partial charge is 0.252 e. The van der Waals surface area contributed by atoms with Gasteiger partial charge in [0.15, 0.2) is 0 Å². The molecule has 0 spiro atoms. The van der Waals surface area contributed by atoms with Gasteiger partial charge in [-0.25, -0.2) is 0 Å². The average Bonchev–Trinajstić information content (AvgIpc) is 3.00. The van der Waals surface area contributed by atoms with Gasteiger partial charge in [-0.1, -0.05) is 42.5 Å². The molecule has 1 fully saturated rings. The molecule has 0 aromatic heterocycles. The minimum Gasteiger partial charge on any atom is -0.366 e. The van der Waals surface area contributed by atoms with E-state index in [2.05, 4.69) is 34.5 Å². The molecule has 134 valence electrons. The summed E-state index contributed by atoms with van der Waals surface area (Å²) < 4.78 is 0. The summed E-state index contributed by atoms with van der Waals surface area (Å²) in [6.45, 7) is 2.99. The van der Waals surface area contributed by atoms with Crippen molar-refractivity contribution in [1.29, 1.82) is 0 Å². The maximum absolute atomic E-state index is 12.4. The van der Waals surface area contributed by atoms with Crippen molar-refractivity contribution in [2.24, 2.45) is 11.7 Å². The van der Waals surface area contributed by atoms with Gasteiger partial charge in [0.1, 0.15) is 0 Å². The largest absolute Gasteiger partial charge is 0.366 e. The summed E-state index contributed by atoms with van der Waals surface area (Å²) in [6, 6.07) is 15.9. The lowest BCUT2D eigenvalue weighted by atomic mass is 9.85. The topological polar surface area (TPSA) is 75.4 Å². The lowest BCUT2D eigenvalue weighted by molar-refractivity contribution is 0.0915. The maximum Gasteiger partial charge on any atom is 0.252 e. The Hall–Kier alpha value is -2.66. The molecule has 2 aliphatic rings. The van der Waals surface area contributed by atoms with Crippen molar-refractivity contribution in [3.05, 3.63) is 70.8 Å². The molecule has 1 saturated heterocycles. The number of carbonyl (C=O) groups excluding carboxylic acids is 2. The third-order valence-corrected chi connectivity index (χ3v) is 5.56. The fraction of sp³-hybridized carbons (Fsp3) is 0.333. The zero-order valence-corrected chi connectivity index (χ0v) is 14.7. The highest BCUT2D eigenvalue weighted by Gasteiger charge is 2.37. The molecule has 5 nitrogen and oxygen atoms in total. The van der Waals surface area contributed by atoms with E-state index in [4.69, 9.17) is 5.73 Å². The number of nitrogens with one attached hydrogen (secondary N) is 1. The summed E-state index contributed by atoms with van der Waals surface area (Å²) >= 11 is 0. The summed E-state index contributed by atoms with van der Waals surface area (Å²) in [4.78, 5) is 26.5. The monoisotopic (exact) mass is 349 g/mol. The summed E-state index contributed by atoms with van der Waals surface area (Å²) in [5.74, 6) is -0.336. The van der Waals surface area contributed by atoms with E-state index >= 15 is 0 Å². The third-order valence-electron chi connectivity index (χ3n) is 5.56. The molecule has 2 aromatic carbocycles. The number of carbonyl (C=O) groups is 2. The van der Waals surface area contributed by atoms with Gasteiger partial charge in [0.25, 0.3) is 5.91 Å². The molecule has 2 aliphatic heterocycles. The second kappa shape index (κ2) is 6.92. The van der Waals surface area contributed by atoms with Crippen LogP contribution in [0, 0.1) is 5.92 Å². The van der Waals surface area contributed by atoms with Crippen LogP contribution in [-0.2, 0) is 6.54 Å². The van der Waals surface area contributed by atoms with E-state index in [1.807, 2.05) is 18.2 Å². The van der Waals surface area contributed by atoms with Gasteiger partial charge in [-0.2, -0.15) is 0 Å². The van der Waals surface area contributed by atoms with Crippen molar-refractivity contribution in [3.63, 3.8) is 0 Å². The molecule has 2 aromatic rings. The predicted octanol–water partition coefficient (Wildman–Crippen LogP) is 2.48. The van der Waals surface area contributed by atoms with E-state index in [9.17, 15) is 9.59 Å². The van der Waals surface area contributed by atoms with E-state index < -0.39 is 5.91 Å². The zero-order chi connectivity index (χ0) is 18.1. The van der Waals surface area contributed by atoms with Gasteiger partial charge >= 0.3 is 0 Å². The van der Waals surface area contributed by atoms with Crippen molar-refractivity contribution < 1.29 is 9.59 Å². The fourth-order valence-electron chi connectivity index (χ4n) is 4.24. The highest BCUT2D eigenvalue weighted by atomic mass is 16.2. The van der Waals surface area contributed by atoms with E-state index in [-0.39, 0.29) is 11.9 Å². The minimum atomic E-state index is -0.546. The Morgan fingerprint density at radius 1 is 1.08 bits per heavy atom. The number of primary amides is 1. The maximum atomic E-state index is 12.4. The molecule has 2 heterocycles. The molecule has 0 saturated carbocycles. The number of amides is 2. The van der Waals surface area contributed by atoms with Crippen molar-refractivity contribution >= 4 is 11.8 Å². The van der Waals surface area contributed by atoms with Crippen molar-refractivity contribution in [2.75, 3.05) is 13.1 Å². The number of fused-ring (bicyclic) bond motifs is 1. The van der Waals surface area contributed by atoms with E-state index in [0.717, 1.165) is 38.0 Å². The van der Waals surface area contributed by atoms with Gasteiger partial charge in [-0.3, -0.25) is 14.5 Å². The first kappa shape index (κ1) is 16.8. The van der Waals surface area contributed by atoms with Crippen LogP contribution in [0.4, 0.5) is 0 Å². The normalized spacial score (nSPS) is 20.6. The molecule has 0 radical (unpaired) electrons. The van der Waals surface area contributed by atoms with Crippen LogP contribution in [0.2, 0.25) is 0 Å². The number of hydrogen-bond acceptors (Lipinski definition) is 3. The number of rotatable bonds is 4. The molecular formula is C21H23N3O2. The number of benzene rings is 2. The number of nitrogens with two attached hydrogens (primary N) is 1. The molecule has 26 heavy (non-hydrogen) atoms. The number of likely N-dealkylation sites (tertiary alicyclic amines) is 1. The van der Waals surface area contributed by atoms with Gasteiger partial charge in [0.05, 0.1) is 17.2 Å². The molecular weight excluding hydrogens is 326 g/mol. The number of nitrogens with zero attached hydrogens (tertiary/aromatic N) is 1. The van der Waals surface area contributed by atoms with Gasteiger partial charge in [-0.05, 0) is 49.0 Å². The first-order valence-electron chi connectivity index (χ1n) is 9.13. The number of piperidine rings is 1. The standard InChI is InChI=1S/C21H23N3O2/c22-20(25)17-8-4-7-16-18(17)21(26)23-19(16)15-9-11-24(12-10-15)13-14-5-2-1-3-6-14/h1-8,15,19H,9-13H2,(H2,22,25)(H,23,26). The van der Waals surface area contributed by atoms with E-state index in [1.54, 1.807) is 6.07 Å². The zero-order valence-electron chi connectivity index (χ0n) is 14.7. The van der Waals surface area contributed by atoms with Crippen molar-refractivity contribution in [2.45, 2.75) is 25.4 Å². The van der Waals surface area contributed by atoms with E-state index in [0.29, 0.717) is 17.0 Å². The molecule has 2 amide bonds. The summed E-state index contributed by atoms with van der Waals surface area (Å²) in [6.07, 6.45) is 2.05. The van der Waals surface area contributed by atoms with Crippen molar-refractivity contribution in [3.8, 4) is 0 Å². The second-order valence-electron chi connectivity index (χ2n) is 7.18. The summed E-state index contributed by atoms with van der Waals surface area (Å²) in [7, 11) is 0. The van der Waals surface area contributed by atoms with Crippen LogP contribution in [0.3, 0.4) is 0 Å². The Kier molecular flexibility index (Phi) is 4.47. The van der Waals surface area contributed by atoms with Gasteiger partial charge in [0, 0.05) is 6.54 Å². The second-order valence-corrected chi connectivity index (χ2v) is 7.18. The molecule has 1 atom stereocenters. The van der Waals surface area contributed by atoms with Crippen LogP contribution in [0.1, 0.15) is 50.7 Å². The molecule has 0 aliphatic carbocycles. The first-order valence-corrected chi connectivity index (χ1v) is 9.13. The van der Waals surface area contributed by atoms with Crippen molar-refractivity contribution in [1.82, 2.24) is 10.2 Å². The SMILES string of the molecule is NC(=O)c1cccc2c1C(=O)NC2C1CCN(Cc2ccccc2)CC1. The lowest BCUT2D eigenvalue weighted by Crippen LogP contribution is -2.37.